The van der Waals surface area contributed by atoms with Gasteiger partial charge in [-0.2, -0.15) is 0 Å². The van der Waals surface area contributed by atoms with Crippen LogP contribution in [0.1, 0.15) is 28.8 Å². The van der Waals surface area contributed by atoms with Gasteiger partial charge in [0.2, 0.25) is 5.91 Å². The second kappa shape index (κ2) is 9.15. The van der Waals surface area contributed by atoms with E-state index in [4.69, 9.17) is 9.47 Å². The second-order valence-corrected chi connectivity index (χ2v) is 7.36. The van der Waals surface area contributed by atoms with Crippen LogP contribution in [-0.2, 0) is 4.79 Å². The van der Waals surface area contributed by atoms with Crippen LogP contribution in [0, 0.1) is 11.7 Å². The molecule has 0 aliphatic carbocycles. The second-order valence-electron chi connectivity index (χ2n) is 7.36. The van der Waals surface area contributed by atoms with Crippen molar-refractivity contribution in [3.63, 3.8) is 0 Å². The van der Waals surface area contributed by atoms with Crippen molar-refractivity contribution >= 4 is 11.8 Å². The fraction of sp³-hybridized carbons (Fsp3) is 0.391. The lowest BCUT2D eigenvalue weighted by molar-refractivity contribution is -0.133. The predicted octanol–water partition coefficient (Wildman–Crippen LogP) is 3.18. The molecule has 0 radical (unpaired) electrons. The summed E-state index contributed by atoms with van der Waals surface area (Å²) in [5, 5.41) is 0. The summed E-state index contributed by atoms with van der Waals surface area (Å²) in [7, 11) is 4.88. The van der Waals surface area contributed by atoms with Crippen LogP contribution < -0.4 is 9.47 Å². The first kappa shape index (κ1) is 21.6. The SMILES string of the molecule is CCN(C)C(=O)[C@H]1CN(C(=O)c2ccccc2F)C[C@@H]1c1cc(OC)ccc1OC. The van der Waals surface area contributed by atoms with Crippen LogP contribution in [-0.4, -0.2) is 62.5 Å². The molecule has 0 aromatic heterocycles. The third-order valence-electron chi connectivity index (χ3n) is 5.72. The first-order valence-electron chi connectivity index (χ1n) is 9.91. The Morgan fingerprint density at radius 1 is 1.13 bits per heavy atom. The van der Waals surface area contributed by atoms with Crippen LogP contribution in [0.4, 0.5) is 4.39 Å². The van der Waals surface area contributed by atoms with Crippen LogP contribution in [0.3, 0.4) is 0 Å². The van der Waals surface area contributed by atoms with Crippen molar-refractivity contribution in [2.75, 3.05) is 40.9 Å². The van der Waals surface area contributed by atoms with Crippen LogP contribution >= 0.6 is 0 Å². The highest BCUT2D eigenvalue weighted by atomic mass is 19.1. The molecule has 1 aliphatic rings. The fourth-order valence-corrected chi connectivity index (χ4v) is 3.91. The van der Waals surface area contributed by atoms with Gasteiger partial charge in [0.05, 0.1) is 25.7 Å². The van der Waals surface area contributed by atoms with E-state index in [9.17, 15) is 14.0 Å². The smallest absolute Gasteiger partial charge is 0.256 e. The Morgan fingerprint density at radius 2 is 1.87 bits per heavy atom. The standard InChI is InChI=1S/C23H27FN2O4/c1-5-25(2)22(27)19-14-26(23(28)16-8-6-7-9-20(16)24)13-18(19)17-12-15(29-3)10-11-21(17)30-4/h6-12,18-19H,5,13-14H2,1-4H3/t18-,19+/m1/s1. The number of halogens is 1. The number of likely N-dealkylation sites (tertiary alicyclic amines) is 1. The van der Waals surface area contributed by atoms with Gasteiger partial charge in [-0.1, -0.05) is 12.1 Å². The van der Waals surface area contributed by atoms with E-state index >= 15 is 0 Å². The van der Waals surface area contributed by atoms with E-state index in [1.54, 1.807) is 55.3 Å². The van der Waals surface area contributed by atoms with Crippen LogP contribution in [0.5, 0.6) is 11.5 Å². The average molecular weight is 414 g/mol. The summed E-state index contributed by atoms with van der Waals surface area (Å²) in [6.45, 7) is 2.95. The third kappa shape index (κ3) is 4.10. The molecule has 1 heterocycles. The Morgan fingerprint density at radius 3 is 2.50 bits per heavy atom. The predicted molar refractivity (Wildman–Crippen MR) is 111 cm³/mol. The van der Waals surface area contributed by atoms with Gasteiger partial charge in [0.15, 0.2) is 0 Å². The molecule has 3 rings (SSSR count). The van der Waals surface area contributed by atoms with E-state index < -0.39 is 17.6 Å². The van der Waals surface area contributed by atoms with Gasteiger partial charge in [0, 0.05) is 38.2 Å². The molecule has 1 aliphatic heterocycles. The molecule has 2 aromatic rings. The third-order valence-corrected chi connectivity index (χ3v) is 5.72. The summed E-state index contributed by atoms with van der Waals surface area (Å²) >= 11 is 0. The number of carbonyl (C=O) groups excluding carboxylic acids is 2. The number of amides is 2. The highest BCUT2D eigenvalue weighted by Crippen LogP contribution is 2.40. The van der Waals surface area contributed by atoms with E-state index in [-0.39, 0.29) is 30.5 Å². The van der Waals surface area contributed by atoms with E-state index in [0.29, 0.717) is 18.0 Å². The molecule has 0 N–H and O–H groups in total. The molecule has 160 valence electrons. The zero-order valence-electron chi connectivity index (χ0n) is 17.7. The average Bonchev–Trinajstić information content (AvgIpc) is 3.22. The molecule has 30 heavy (non-hydrogen) atoms. The summed E-state index contributed by atoms with van der Waals surface area (Å²) < 4.78 is 25.1. The molecule has 0 unspecified atom stereocenters. The Labute approximate surface area is 176 Å². The minimum atomic E-state index is -0.571. The van der Waals surface area contributed by atoms with Crippen molar-refractivity contribution in [3.8, 4) is 11.5 Å². The van der Waals surface area contributed by atoms with Crippen molar-refractivity contribution in [2.45, 2.75) is 12.8 Å². The van der Waals surface area contributed by atoms with E-state index in [0.717, 1.165) is 5.56 Å². The van der Waals surface area contributed by atoms with Gasteiger partial charge < -0.3 is 19.3 Å². The Kier molecular flexibility index (Phi) is 6.59. The maximum absolute atomic E-state index is 14.2. The number of hydrogen-bond acceptors (Lipinski definition) is 4. The zero-order valence-corrected chi connectivity index (χ0v) is 17.7. The molecule has 2 aromatic carbocycles. The van der Waals surface area contributed by atoms with Gasteiger partial charge >= 0.3 is 0 Å². The lowest BCUT2D eigenvalue weighted by Crippen LogP contribution is -2.37. The lowest BCUT2D eigenvalue weighted by atomic mass is 9.87. The molecule has 0 spiro atoms. The normalized spacial score (nSPS) is 18.2. The summed E-state index contributed by atoms with van der Waals surface area (Å²) in [5.74, 6) is -0.555. The minimum Gasteiger partial charge on any atom is -0.497 e. The Balaban J connectivity index is 2.00. The largest absolute Gasteiger partial charge is 0.497 e. The molecular weight excluding hydrogens is 387 g/mol. The van der Waals surface area contributed by atoms with Crippen molar-refractivity contribution in [2.24, 2.45) is 5.92 Å². The monoisotopic (exact) mass is 414 g/mol. The molecule has 1 fully saturated rings. The molecule has 1 saturated heterocycles. The molecular formula is C23H27FN2O4. The summed E-state index contributed by atoms with van der Waals surface area (Å²) in [5.41, 5.74) is 0.800. The van der Waals surface area contributed by atoms with Gasteiger partial charge in [-0.3, -0.25) is 9.59 Å². The highest BCUT2D eigenvalue weighted by Gasteiger charge is 2.43. The number of ether oxygens (including phenoxy) is 2. The molecule has 6 nitrogen and oxygen atoms in total. The van der Waals surface area contributed by atoms with Gasteiger partial charge in [0.1, 0.15) is 17.3 Å². The fourth-order valence-electron chi connectivity index (χ4n) is 3.91. The number of nitrogens with zero attached hydrogens (tertiary/aromatic N) is 2. The topological polar surface area (TPSA) is 59.1 Å². The number of methoxy groups -OCH3 is 2. The van der Waals surface area contributed by atoms with Gasteiger partial charge in [-0.15, -0.1) is 0 Å². The summed E-state index contributed by atoms with van der Waals surface area (Å²) in [4.78, 5) is 29.4. The van der Waals surface area contributed by atoms with Crippen LogP contribution in [0.15, 0.2) is 42.5 Å². The van der Waals surface area contributed by atoms with Crippen LogP contribution in [0.25, 0.3) is 0 Å². The summed E-state index contributed by atoms with van der Waals surface area (Å²) in [6.07, 6.45) is 0. The lowest BCUT2D eigenvalue weighted by Gasteiger charge is -2.24. The first-order chi connectivity index (χ1) is 14.4. The van der Waals surface area contributed by atoms with Crippen LogP contribution in [0.2, 0.25) is 0 Å². The Bertz CT molecular complexity index is 933. The van der Waals surface area contributed by atoms with Gasteiger partial charge in [-0.05, 0) is 37.3 Å². The highest BCUT2D eigenvalue weighted by molar-refractivity contribution is 5.95. The molecule has 0 saturated carbocycles. The van der Waals surface area contributed by atoms with E-state index in [1.807, 2.05) is 13.0 Å². The minimum absolute atomic E-state index is 0.00537. The number of rotatable bonds is 6. The van der Waals surface area contributed by atoms with Crippen molar-refractivity contribution in [1.29, 1.82) is 0 Å². The maximum atomic E-state index is 14.2. The van der Waals surface area contributed by atoms with Crippen molar-refractivity contribution in [3.05, 3.63) is 59.4 Å². The quantitative estimate of drug-likeness (QED) is 0.729. The Hall–Kier alpha value is -3.09. The molecule has 7 heteroatoms. The summed E-state index contributed by atoms with van der Waals surface area (Å²) in [6, 6.07) is 11.3. The number of carbonyl (C=O) groups is 2. The van der Waals surface area contributed by atoms with Crippen molar-refractivity contribution in [1.82, 2.24) is 9.80 Å². The molecule has 0 bridgehead atoms. The molecule has 2 amide bonds. The van der Waals surface area contributed by atoms with Gasteiger partial charge in [0.25, 0.3) is 5.91 Å². The number of hydrogen-bond donors (Lipinski definition) is 0. The molecule has 2 atom stereocenters. The van der Waals surface area contributed by atoms with Gasteiger partial charge in [-0.25, -0.2) is 4.39 Å². The van der Waals surface area contributed by atoms with E-state index in [2.05, 4.69) is 0 Å². The van der Waals surface area contributed by atoms with E-state index in [1.165, 1.54) is 12.1 Å². The maximum Gasteiger partial charge on any atom is 0.256 e. The first-order valence-corrected chi connectivity index (χ1v) is 9.91. The van der Waals surface area contributed by atoms with Crippen molar-refractivity contribution < 1.29 is 23.5 Å². The number of benzene rings is 2. The zero-order chi connectivity index (χ0) is 21.8.